The third-order valence-corrected chi connectivity index (χ3v) is 5.95. The predicted molar refractivity (Wildman–Crippen MR) is 123 cm³/mol. The maximum Gasteiger partial charge on any atom is 0.321 e. The van der Waals surface area contributed by atoms with Crippen LogP contribution in [0.4, 0.5) is 10.5 Å². The maximum absolute atomic E-state index is 13.0. The molecule has 7 nitrogen and oxygen atoms in total. The van der Waals surface area contributed by atoms with Gasteiger partial charge in [-0.1, -0.05) is 48.2 Å². The summed E-state index contributed by atoms with van der Waals surface area (Å²) in [5, 5.41) is 6.81. The first kappa shape index (κ1) is 21.0. The van der Waals surface area contributed by atoms with E-state index in [1.165, 1.54) is 11.8 Å². The second kappa shape index (κ2) is 9.70. The molecule has 0 atom stereocenters. The van der Waals surface area contributed by atoms with E-state index in [4.69, 9.17) is 0 Å². The van der Waals surface area contributed by atoms with Gasteiger partial charge in [-0.15, -0.1) is 0 Å². The van der Waals surface area contributed by atoms with Crippen LogP contribution >= 0.6 is 11.8 Å². The molecule has 160 valence electrons. The molecule has 31 heavy (non-hydrogen) atoms. The molecule has 0 radical (unpaired) electrons. The van der Waals surface area contributed by atoms with Crippen molar-refractivity contribution in [3.05, 3.63) is 72.6 Å². The number of carbonyl (C=O) groups is 2. The van der Waals surface area contributed by atoms with E-state index in [0.29, 0.717) is 31.6 Å². The fourth-order valence-corrected chi connectivity index (χ4v) is 4.22. The zero-order valence-corrected chi connectivity index (χ0v) is 18.1. The lowest BCUT2D eigenvalue weighted by Gasteiger charge is -2.32. The quantitative estimate of drug-likeness (QED) is 0.594. The minimum absolute atomic E-state index is 0.0186. The number of piperidine rings is 1. The molecule has 2 N–H and O–H groups in total. The molecule has 1 aromatic heterocycles. The van der Waals surface area contributed by atoms with E-state index in [2.05, 4.69) is 15.6 Å². The molecular formula is C23H25N5O2S. The number of nitrogens with one attached hydrogen (secondary N) is 2. The highest BCUT2D eigenvalue weighted by Crippen LogP contribution is 2.22. The van der Waals surface area contributed by atoms with Gasteiger partial charge in [0.1, 0.15) is 5.69 Å². The number of anilines is 1. The topological polar surface area (TPSA) is 79.3 Å². The van der Waals surface area contributed by atoms with Crippen LogP contribution in [-0.4, -0.2) is 51.8 Å². The molecule has 2 heterocycles. The van der Waals surface area contributed by atoms with Crippen LogP contribution in [0.1, 0.15) is 23.3 Å². The minimum Gasteiger partial charge on any atom is -0.348 e. The van der Waals surface area contributed by atoms with E-state index in [1.807, 2.05) is 71.5 Å². The number of imidazole rings is 1. The van der Waals surface area contributed by atoms with E-state index < -0.39 is 0 Å². The van der Waals surface area contributed by atoms with E-state index in [0.717, 1.165) is 16.5 Å². The first-order chi connectivity index (χ1) is 15.2. The van der Waals surface area contributed by atoms with Crippen molar-refractivity contribution in [2.75, 3.05) is 24.7 Å². The molecular weight excluding hydrogens is 410 g/mol. The molecule has 0 aliphatic carbocycles. The van der Waals surface area contributed by atoms with Crippen molar-refractivity contribution in [3.8, 4) is 5.69 Å². The zero-order chi connectivity index (χ0) is 21.6. The molecule has 3 aromatic rings. The van der Waals surface area contributed by atoms with Gasteiger partial charge in [-0.05, 0) is 43.4 Å². The van der Waals surface area contributed by atoms with Crippen molar-refractivity contribution >= 4 is 29.4 Å². The summed E-state index contributed by atoms with van der Waals surface area (Å²) < 4.78 is 1.88. The van der Waals surface area contributed by atoms with Gasteiger partial charge in [-0.2, -0.15) is 0 Å². The summed E-state index contributed by atoms with van der Waals surface area (Å²) in [6.45, 7) is 1.19. The van der Waals surface area contributed by atoms with E-state index in [1.54, 1.807) is 11.1 Å². The Bertz CT molecular complexity index is 1030. The number of amides is 3. The Labute approximate surface area is 185 Å². The lowest BCUT2D eigenvalue weighted by atomic mass is 10.1. The Morgan fingerprint density at radius 1 is 1.00 bits per heavy atom. The summed E-state index contributed by atoms with van der Waals surface area (Å²) in [6, 6.07) is 19.1. The zero-order valence-electron chi connectivity index (χ0n) is 17.3. The molecule has 8 heteroatoms. The van der Waals surface area contributed by atoms with Crippen molar-refractivity contribution in [1.82, 2.24) is 19.8 Å². The average Bonchev–Trinajstić information content (AvgIpc) is 3.25. The number of para-hydroxylation sites is 2. The Morgan fingerprint density at radius 3 is 2.29 bits per heavy atom. The number of hydrogen-bond acceptors (Lipinski definition) is 4. The SMILES string of the molecule is CSc1ncc(C(=O)NC2CCN(C(=O)Nc3ccccc3)CC2)n1-c1ccccc1. The van der Waals surface area contributed by atoms with Gasteiger partial charge in [0, 0.05) is 30.5 Å². The highest BCUT2D eigenvalue weighted by Gasteiger charge is 2.26. The molecule has 1 fully saturated rings. The molecule has 1 saturated heterocycles. The molecule has 0 saturated carbocycles. The number of benzene rings is 2. The summed E-state index contributed by atoms with van der Waals surface area (Å²) in [7, 11) is 0. The molecule has 1 aliphatic rings. The standard InChI is InChI=1S/C23H25N5O2S/c1-31-23-24-16-20(28(23)19-10-6-3-7-11-19)21(29)25-18-12-14-27(15-13-18)22(30)26-17-8-4-2-5-9-17/h2-11,16,18H,12-15H2,1H3,(H,25,29)(H,26,30). The molecule has 2 aromatic carbocycles. The highest BCUT2D eigenvalue weighted by atomic mass is 32.2. The van der Waals surface area contributed by atoms with Crippen LogP contribution < -0.4 is 10.6 Å². The number of hydrogen-bond donors (Lipinski definition) is 2. The van der Waals surface area contributed by atoms with Crippen molar-refractivity contribution in [2.24, 2.45) is 0 Å². The van der Waals surface area contributed by atoms with Crippen molar-refractivity contribution in [3.63, 3.8) is 0 Å². The second-order valence-electron chi connectivity index (χ2n) is 7.33. The molecule has 3 amide bonds. The van der Waals surface area contributed by atoms with Gasteiger partial charge in [0.25, 0.3) is 5.91 Å². The fraction of sp³-hybridized carbons (Fsp3) is 0.261. The number of thioether (sulfide) groups is 1. The Balaban J connectivity index is 1.37. The smallest absolute Gasteiger partial charge is 0.321 e. The largest absolute Gasteiger partial charge is 0.348 e. The Hall–Kier alpha value is -3.26. The second-order valence-corrected chi connectivity index (χ2v) is 8.11. The van der Waals surface area contributed by atoms with Gasteiger partial charge < -0.3 is 15.5 Å². The lowest BCUT2D eigenvalue weighted by Crippen LogP contribution is -2.48. The van der Waals surface area contributed by atoms with Gasteiger partial charge in [0.2, 0.25) is 0 Å². The summed E-state index contributed by atoms with van der Waals surface area (Å²) in [5.74, 6) is -0.149. The number of carbonyl (C=O) groups excluding carboxylic acids is 2. The monoisotopic (exact) mass is 435 g/mol. The van der Waals surface area contributed by atoms with Crippen LogP contribution in [0.15, 0.2) is 72.0 Å². The average molecular weight is 436 g/mol. The van der Waals surface area contributed by atoms with Crippen molar-refractivity contribution in [1.29, 1.82) is 0 Å². The fourth-order valence-electron chi connectivity index (χ4n) is 3.68. The number of aromatic nitrogens is 2. The van der Waals surface area contributed by atoms with Crippen LogP contribution in [0.25, 0.3) is 5.69 Å². The van der Waals surface area contributed by atoms with Crippen LogP contribution in [0, 0.1) is 0 Å². The molecule has 4 rings (SSSR count). The van der Waals surface area contributed by atoms with Gasteiger partial charge in [-0.25, -0.2) is 9.78 Å². The van der Waals surface area contributed by atoms with E-state index >= 15 is 0 Å². The van der Waals surface area contributed by atoms with Gasteiger partial charge in [0.15, 0.2) is 5.16 Å². The summed E-state index contributed by atoms with van der Waals surface area (Å²) >= 11 is 1.50. The normalized spacial score (nSPS) is 14.3. The number of rotatable bonds is 5. The number of urea groups is 1. The Morgan fingerprint density at radius 2 is 1.65 bits per heavy atom. The molecule has 0 bridgehead atoms. The molecule has 1 aliphatic heterocycles. The third-order valence-electron chi connectivity index (χ3n) is 5.30. The lowest BCUT2D eigenvalue weighted by molar-refractivity contribution is 0.0911. The first-order valence-corrected chi connectivity index (χ1v) is 11.5. The number of likely N-dealkylation sites (tertiary alicyclic amines) is 1. The summed E-state index contributed by atoms with van der Waals surface area (Å²) in [6.07, 6.45) is 4.99. The maximum atomic E-state index is 13.0. The van der Waals surface area contributed by atoms with Gasteiger partial charge in [-0.3, -0.25) is 9.36 Å². The number of nitrogens with zero attached hydrogens (tertiary/aromatic N) is 3. The van der Waals surface area contributed by atoms with Crippen LogP contribution in [-0.2, 0) is 0 Å². The summed E-state index contributed by atoms with van der Waals surface area (Å²) in [5.41, 5.74) is 2.20. The predicted octanol–water partition coefficient (Wildman–Crippen LogP) is 4.02. The van der Waals surface area contributed by atoms with Crippen LogP contribution in [0.2, 0.25) is 0 Å². The Kier molecular flexibility index (Phi) is 6.57. The minimum atomic E-state index is -0.149. The molecule has 0 unspecified atom stereocenters. The van der Waals surface area contributed by atoms with Crippen LogP contribution in [0.5, 0.6) is 0 Å². The van der Waals surface area contributed by atoms with E-state index in [9.17, 15) is 9.59 Å². The van der Waals surface area contributed by atoms with Gasteiger partial charge in [0.05, 0.1) is 6.20 Å². The van der Waals surface area contributed by atoms with Crippen LogP contribution in [0.3, 0.4) is 0 Å². The van der Waals surface area contributed by atoms with E-state index in [-0.39, 0.29) is 18.0 Å². The highest BCUT2D eigenvalue weighted by molar-refractivity contribution is 7.98. The van der Waals surface area contributed by atoms with Crippen molar-refractivity contribution < 1.29 is 9.59 Å². The first-order valence-electron chi connectivity index (χ1n) is 10.2. The molecule has 0 spiro atoms. The third kappa shape index (κ3) is 4.91. The van der Waals surface area contributed by atoms with Gasteiger partial charge >= 0.3 is 6.03 Å². The summed E-state index contributed by atoms with van der Waals surface area (Å²) in [4.78, 5) is 31.7. The van der Waals surface area contributed by atoms with Crippen molar-refractivity contribution in [2.45, 2.75) is 24.0 Å².